The molecule has 1 N–H and O–H groups in total. The third-order valence-electron chi connectivity index (χ3n) is 7.43. The van der Waals surface area contributed by atoms with E-state index in [-0.39, 0.29) is 17.1 Å². The van der Waals surface area contributed by atoms with Crippen molar-refractivity contribution in [3.63, 3.8) is 0 Å². The van der Waals surface area contributed by atoms with E-state index in [0.29, 0.717) is 36.4 Å². The van der Waals surface area contributed by atoms with Crippen LogP contribution in [0.4, 0.5) is 0 Å². The molecule has 3 aliphatic rings. The predicted molar refractivity (Wildman–Crippen MR) is 109 cm³/mol. The monoisotopic (exact) mass is 422 g/mol. The predicted octanol–water partition coefficient (Wildman–Crippen LogP) is 4.47. The largest absolute Gasteiger partial charge is 0.493 e. The normalized spacial score (nSPS) is 31.0. The number of unbranched alkanes of at least 4 members (excludes halogenated alkanes) is 1. The number of hydrogen-bond donors (Lipinski definition) is 1. The van der Waals surface area contributed by atoms with Crippen molar-refractivity contribution >= 4 is 16.2 Å². The van der Waals surface area contributed by atoms with Gasteiger partial charge < -0.3 is 8.92 Å². The molecule has 2 saturated carbocycles. The molecule has 0 saturated heterocycles. The molecule has 1 aromatic rings. The van der Waals surface area contributed by atoms with Gasteiger partial charge in [-0.2, -0.15) is 8.42 Å². The Bertz CT molecular complexity index is 908. The zero-order valence-corrected chi connectivity index (χ0v) is 18.0. The molecule has 0 aromatic heterocycles. The van der Waals surface area contributed by atoms with E-state index in [1.165, 1.54) is 0 Å². The minimum atomic E-state index is -4.64. The first-order valence-electron chi connectivity index (χ1n) is 10.7. The SMILES string of the molecule is CCCCOc1cc2c(c(OS(=O)(=O)O)c1)C1CC[C@]3(C)C(=O)CCC3C1CC2. The molecule has 7 heteroatoms. The third kappa shape index (κ3) is 3.79. The fraction of sp³-hybridized carbons (Fsp3) is 0.682. The van der Waals surface area contributed by atoms with Crippen LogP contribution >= 0.6 is 0 Å². The molecule has 0 spiro atoms. The number of ether oxygens (including phenoxy) is 1. The van der Waals surface area contributed by atoms with Gasteiger partial charge in [0.15, 0.2) is 5.75 Å². The summed E-state index contributed by atoms with van der Waals surface area (Å²) in [6.07, 6.45) is 6.89. The van der Waals surface area contributed by atoms with Gasteiger partial charge in [0.1, 0.15) is 11.5 Å². The van der Waals surface area contributed by atoms with Crippen molar-refractivity contribution in [1.82, 2.24) is 0 Å². The maximum absolute atomic E-state index is 12.5. The van der Waals surface area contributed by atoms with Gasteiger partial charge in [-0.3, -0.25) is 9.35 Å². The van der Waals surface area contributed by atoms with Crippen molar-refractivity contribution in [3.05, 3.63) is 23.3 Å². The molecule has 160 valence electrons. The van der Waals surface area contributed by atoms with Gasteiger partial charge >= 0.3 is 10.4 Å². The van der Waals surface area contributed by atoms with Gasteiger partial charge in [-0.25, -0.2) is 0 Å². The number of fused-ring (bicyclic) bond motifs is 5. The van der Waals surface area contributed by atoms with E-state index in [4.69, 9.17) is 8.92 Å². The lowest BCUT2D eigenvalue weighted by atomic mass is 9.55. The van der Waals surface area contributed by atoms with Crippen LogP contribution < -0.4 is 8.92 Å². The quantitative estimate of drug-likeness (QED) is 0.537. The van der Waals surface area contributed by atoms with Crippen molar-refractivity contribution in [2.75, 3.05) is 6.61 Å². The molecule has 3 aliphatic carbocycles. The van der Waals surface area contributed by atoms with Crippen molar-refractivity contribution in [3.8, 4) is 11.5 Å². The lowest BCUT2D eigenvalue weighted by molar-refractivity contribution is -0.129. The summed E-state index contributed by atoms with van der Waals surface area (Å²) < 4.78 is 43.3. The molecule has 0 amide bonds. The molecular weight excluding hydrogens is 392 g/mol. The molecule has 3 unspecified atom stereocenters. The van der Waals surface area contributed by atoms with E-state index < -0.39 is 10.4 Å². The lowest BCUT2D eigenvalue weighted by Gasteiger charge is -2.48. The van der Waals surface area contributed by atoms with E-state index in [1.54, 1.807) is 6.07 Å². The van der Waals surface area contributed by atoms with E-state index >= 15 is 0 Å². The van der Waals surface area contributed by atoms with E-state index in [1.807, 2.05) is 6.07 Å². The highest BCUT2D eigenvalue weighted by molar-refractivity contribution is 7.81. The van der Waals surface area contributed by atoms with Crippen LogP contribution in [0.1, 0.15) is 75.8 Å². The van der Waals surface area contributed by atoms with Gasteiger partial charge in [0.05, 0.1) is 6.61 Å². The minimum Gasteiger partial charge on any atom is -0.493 e. The first kappa shape index (κ1) is 20.7. The fourth-order valence-corrected chi connectivity index (χ4v) is 6.39. The van der Waals surface area contributed by atoms with Crippen LogP contribution in [0.3, 0.4) is 0 Å². The Balaban J connectivity index is 1.71. The van der Waals surface area contributed by atoms with Crippen LogP contribution in [0.5, 0.6) is 11.5 Å². The maximum atomic E-state index is 12.5. The number of carbonyl (C=O) groups excluding carboxylic acids is 1. The smallest absolute Gasteiger partial charge is 0.446 e. The van der Waals surface area contributed by atoms with Gasteiger partial charge in [0.25, 0.3) is 0 Å². The Labute approximate surface area is 172 Å². The van der Waals surface area contributed by atoms with Crippen molar-refractivity contribution in [2.45, 2.75) is 71.1 Å². The fourth-order valence-electron chi connectivity index (χ4n) is 6.03. The Morgan fingerprint density at radius 2 is 2.00 bits per heavy atom. The summed E-state index contributed by atoms with van der Waals surface area (Å²) in [4.78, 5) is 12.5. The Morgan fingerprint density at radius 1 is 1.21 bits per heavy atom. The summed E-state index contributed by atoms with van der Waals surface area (Å²) in [5.74, 6) is 1.94. The van der Waals surface area contributed by atoms with Crippen LogP contribution in [0.2, 0.25) is 0 Å². The Morgan fingerprint density at radius 3 is 2.72 bits per heavy atom. The van der Waals surface area contributed by atoms with Gasteiger partial charge in [0.2, 0.25) is 0 Å². The summed E-state index contributed by atoms with van der Waals surface area (Å²) in [6.45, 7) is 4.74. The van der Waals surface area contributed by atoms with Gasteiger partial charge in [-0.15, -0.1) is 0 Å². The topological polar surface area (TPSA) is 89.9 Å². The van der Waals surface area contributed by atoms with Crippen LogP contribution in [-0.4, -0.2) is 25.4 Å². The van der Waals surface area contributed by atoms with Crippen molar-refractivity contribution in [2.24, 2.45) is 17.3 Å². The standard InChI is InChI=1S/C22H30O6S/c1-3-4-11-27-15-12-14-5-6-16-17(21(14)19(13-15)28-29(24,25)26)9-10-22(2)18(16)7-8-20(22)23/h12-13,16-18H,3-11H2,1-2H3,(H,24,25,26)/t16?,17?,18?,22-/m0/s1. The second kappa shape index (κ2) is 7.58. The van der Waals surface area contributed by atoms with Crippen LogP contribution in [0.25, 0.3) is 0 Å². The van der Waals surface area contributed by atoms with Crippen LogP contribution in [-0.2, 0) is 21.6 Å². The van der Waals surface area contributed by atoms with Gasteiger partial charge in [-0.05, 0) is 67.9 Å². The molecule has 0 heterocycles. The van der Waals surface area contributed by atoms with Crippen LogP contribution in [0.15, 0.2) is 12.1 Å². The number of aryl methyl sites for hydroxylation is 1. The number of rotatable bonds is 6. The number of hydrogen-bond acceptors (Lipinski definition) is 5. The van der Waals surface area contributed by atoms with E-state index in [0.717, 1.165) is 56.1 Å². The van der Waals surface area contributed by atoms with E-state index in [9.17, 15) is 17.8 Å². The molecule has 2 fully saturated rings. The molecule has 1 aromatic carbocycles. The second-order valence-electron chi connectivity index (χ2n) is 9.04. The Kier molecular flexibility index (Phi) is 5.40. The summed E-state index contributed by atoms with van der Waals surface area (Å²) in [5.41, 5.74) is 1.67. The zero-order chi connectivity index (χ0) is 20.8. The maximum Gasteiger partial charge on any atom is 0.446 e. The first-order chi connectivity index (χ1) is 13.7. The first-order valence-corrected chi connectivity index (χ1v) is 12.1. The minimum absolute atomic E-state index is 0.143. The number of Topliss-reactive ketones (excluding diaryl/α,β-unsaturated/α-hetero) is 1. The van der Waals surface area contributed by atoms with Crippen molar-refractivity contribution < 1.29 is 26.7 Å². The van der Waals surface area contributed by atoms with E-state index in [2.05, 4.69) is 13.8 Å². The summed E-state index contributed by atoms with van der Waals surface area (Å²) >= 11 is 0. The van der Waals surface area contributed by atoms with Crippen LogP contribution in [0, 0.1) is 17.3 Å². The Hall–Kier alpha value is -1.60. The molecule has 4 atom stereocenters. The number of ketones is 1. The average molecular weight is 423 g/mol. The third-order valence-corrected chi connectivity index (χ3v) is 7.82. The van der Waals surface area contributed by atoms with Gasteiger partial charge in [-0.1, -0.05) is 20.3 Å². The summed E-state index contributed by atoms with van der Waals surface area (Å²) in [5, 5.41) is 0. The number of carbonyl (C=O) groups is 1. The second-order valence-corrected chi connectivity index (χ2v) is 10.1. The van der Waals surface area contributed by atoms with Gasteiger partial charge in [0, 0.05) is 23.5 Å². The lowest BCUT2D eigenvalue weighted by Crippen LogP contribution is -2.42. The molecule has 4 rings (SSSR count). The van der Waals surface area contributed by atoms with Crippen molar-refractivity contribution in [1.29, 1.82) is 0 Å². The molecule has 0 bridgehead atoms. The highest BCUT2D eigenvalue weighted by atomic mass is 32.3. The molecule has 0 aliphatic heterocycles. The molecule has 6 nitrogen and oxygen atoms in total. The molecule has 29 heavy (non-hydrogen) atoms. The summed E-state index contributed by atoms with van der Waals surface area (Å²) in [6, 6.07) is 3.59. The molecular formula is C22H30O6S. The highest BCUT2D eigenvalue weighted by Gasteiger charge is 2.55. The zero-order valence-electron chi connectivity index (χ0n) is 17.1. The molecule has 0 radical (unpaired) electrons. The average Bonchev–Trinajstić information content (AvgIpc) is 2.95. The highest BCUT2D eigenvalue weighted by Crippen LogP contribution is 2.60. The summed E-state index contributed by atoms with van der Waals surface area (Å²) in [7, 11) is -4.64. The number of benzene rings is 1.